The van der Waals surface area contributed by atoms with Crippen molar-refractivity contribution in [3.63, 3.8) is 0 Å². The van der Waals surface area contributed by atoms with Crippen molar-refractivity contribution >= 4 is 28.3 Å². The normalized spacial score (nSPS) is 20.2. The fourth-order valence-corrected chi connectivity index (χ4v) is 6.09. The summed E-state index contributed by atoms with van der Waals surface area (Å²) in [6.07, 6.45) is 3.13. The summed E-state index contributed by atoms with van der Waals surface area (Å²) in [6, 6.07) is 8.10. The first kappa shape index (κ1) is 28.3. The zero-order chi connectivity index (χ0) is 29.4. The third kappa shape index (κ3) is 5.76. The molecule has 0 radical (unpaired) electrons. The summed E-state index contributed by atoms with van der Waals surface area (Å²) in [5, 5.41) is 17.0. The second-order valence-corrected chi connectivity index (χ2v) is 11.8. The Morgan fingerprint density at radius 1 is 1.12 bits per heavy atom. The number of anilines is 2. The lowest BCUT2D eigenvalue weighted by Gasteiger charge is -2.34. The van der Waals surface area contributed by atoms with Gasteiger partial charge >= 0.3 is 0 Å². The van der Waals surface area contributed by atoms with Gasteiger partial charge in [-0.25, -0.2) is 9.37 Å². The van der Waals surface area contributed by atoms with Crippen molar-refractivity contribution in [3.05, 3.63) is 58.2 Å². The minimum absolute atomic E-state index is 0.218. The number of fused-ring (bicyclic) bond motifs is 1. The lowest BCUT2D eigenvalue weighted by molar-refractivity contribution is 0.0938. The molecule has 2 N–H and O–H groups in total. The molecule has 1 amide bonds. The van der Waals surface area contributed by atoms with E-state index in [1.54, 1.807) is 6.07 Å². The van der Waals surface area contributed by atoms with E-state index in [0.717, 1.165) is 66.9 Å². The monoisotopic (exact) mass is 571 g/mol. The maximum absolute atomic E-state index is 14.5. The average molecular weight is 572 g/mol. The van der Waals surface area contributed by atoms with Crippen LogP contribution in [-0.2, 0) is 4.74 Å². The topological polar surface area (TPSA) is 106 Å². The highest BCUT2D eigenvalue weighted by atomic mass is 19.1. The van der Waals surface area contributed by atoms with Crippen LogP contribution in [0.25, 0.3) is 10.9 Å². The summed E-state index contributed by atoms with van der Waals surface area (Å²) >= 11 is 0. The summed E-state index contributed by atoms with van der Waals surface area (Å²) in [5.74, 6) is 0.246. The molecule has 2 aliphatic heterocycles. The molecule has 3 aliphatic rings. The van der Waals surface area contributed by atoms with Gasteiger partial charge in [-0.3, -0.25) is 9.78 Å². The van der Waals surface area contributed by atoms with E-state index in [1.165, 1.54) is 12.1 Å². The summed E-state index contributed by atoms with van der Waals surface area (Å²) in [5.41, 5.74) is 4.96. The number of amides is 1. The Labute approximate surface area is 246 Å². The summed E-state index contributed by atoms with van der Waals surface area (Å²) in [7, 11) is 0. The highest BCUT2D eigenvalue weighted by molar-refractivity contribution is 6.12. The van der Waals surface area contributed by atoms with E-state index in [4.69, 9.17) is 14.7 Å². The number of halogens is 1. The predicted octanol–water partition coefficient (Wildman–Crippen LogP) is 4.34. The van der Waals surface area contributed by atoms with Gasteiger partial charge in [0.1, 0.15) is 17.2 Å². The van der Waals surface area contributed by atoms with E-state index in [-0.39, 0.29) is 11.5 Å². The molecule has 0 bridgehead atoms. The number of carbonyl (C=O) groups is 1. The van der Waals surface area contributed by atoms with E-state index in [1.807, 2.05) is 19.9 Å². The Morgan fingerprint density at radius 3 is 2.64 bits per heavy atom. The largest absolute Gasteiger partial charge is 0.378 e. The highest BCUT2D eigenvalue weighted by Gasteiger charge is 2.34. The fraction of sp³-hybridized carbons (Fsp3) is 0.500. The molecule has 0 unspecified atom stereocenters. The first-order valence-electron chi connectivity index (χ1n) is 15.0. The molecule has 42 heavy (non-hydrogen) atoms. The number of hydrogen-bond acceptors (Lipinski definition) is 8. The van der Waals surface area contributed by atoms with Gasteiger partial charge < -0.3 is 25.2 Å². The van der Waals surface area contributed by atoms with Gasteiger partial charge in [0, 0.05) is 55.8 Å². The molecule has 0 spiro atoms. The Kier molecular flexibility index (Phi) is 7.97. The Hall–Kier alpha value is -3.81. The number of aromatic nitrogens is 2. The smallest absolute Gasteiger partial charge is 0.257 e. The number of ether oxygens (including phenoxy) is 1. The number of nitriles is 1. The molecule has 220 valence electrons. The average Bonchev–Trinajstić information content (AvgIpc) is 3.84. The molecule has 2 aromatic heterocycles. The second-order valence-electron chi connectivity index (χ2n) is 11.8. The molecule has 6 rings (SSSR count). The zero-order valence-electron chi connectivity index (χ0n) is 24.5. The van der Waals surface area contributed by atoms with Gasteiger partial charge in [0.2, 0.25) is 0 Å². The van der Waals surface area contributed by atoms with E-state index in [9.17, 15) is 14.4 Å². The first-order valence-corrected chi connectivity index (χ1v) is 15.0. The number of morpholine rings is 1. The molecule has 10 heteroatoms. The van der Waals surface area contributed by atoms with Crippen molar-refractivity contribution in [3.8, 4) is 6.07 Å². The van der Waals surface area contributed by atoms with Gasteiger partial charge in [-0.05, 0) is 69.9 Å². The van der Waals surface area contributed by atoms with Crippen LogP contribution in [0, 0.1) is 24.1 Å². The van der Waals surface area contributed by atoms with Gasteiger partial charge in [-0.1, -0.05) is 0 Å². The summed E-state index contributed by atoms with van der Waals surface area (Å²) < 4.78 is 20.0. The summed E-state index contributed by atoms with van der Waals surface area (Å²) in [4.78, 5) is 29.2. The molecule has 4 heterocycles. The van der Waals surface area contributed by atoms with Gasteiger partial charge in [0.15, 0.2) is 0 Å². The minimum Gasteiger partial charge on any atom is -0.378 e. The van der Waals surface area contributed by atoms with Crippen LogP contribution in [0.2, 0.25) is 0 Å². The van der Waals surface area contributed by atoms with E-state index >= 15 is 0 Å². The van der Waals surface area contributed by atoms with E-state index in [0.29, 0.717) is 55.2 Å². The van der Waals surface area contributed by atoms with Gasteiger partial charge in [-0.15, -0.1) is 0 Å². The van der Waals surface area contributed by atoms with Crippen molar-refractivity contribution in [2.24, 2.45) is 0 Å². The fourth-order valence-electron chi connectivity index (χ4n) is 6.09. The van der Waals surface area contributed by atoms with Crippen molar-refractivity contribution in [2.75, 3.05) is 55.7 Å². The van der Waals surface area contributed by atoms with Gasteiger partial charge in [0.05, 0.1) is 47.8 Å². The second kappa shape index (κ2) is 11.8. The third-order valence-corrected chi connectivity index (χ3v) is 8.50. The quantitative estimate of drug-likeness (QED) is 0.450. The van der Waals surface area contributed by atoms with Crippen LogP contribution in [0.3, 0.4) is 0 Å². The SMILES string of the molecule is Cc1cc2c(N3CCN[C@@H](C)CC3)c(C(=O)N[C@@H](C)c3cc(F)cc(C#N)c3)c(N3CCOCC3)nc2c(C2CC2)n1. The first-order chi connectivity index (χ1) is 20.3. The minimum atomic E-state index is -0.534. The zero-order valence-corrected chi connectivity index (χ0v) is 24.5. The number of nitrogens with zero attached hydrogens (tertiary/aromatic N) is 5. The van der Waals surface area contributed by atoms with Crippen molar-refractivity contribution in [2.45, 2.75) is 58.0 Å². The van der Waals surface area contributed by atoms with Crippen LogP contribution in [0.1, 0.15) is 77.9 Å². The summed E-state index contributed by atoms with van der Waals surface area (Å²) in [6.45, 7) is 10.7. The van der Waals surface area contributed by atoms with Crippen molar-refractivity contribution in [1.29, 1.82) is 5.26 Å². The predicted molar refractivity (Wildman–Crippen MR) is 161 cm³/mol. The molecule has 3 aromatic rings. The molecule has 1 aromatic carbocycles. The van der Waals surface area contributed by atoms with Gasteiger partial charge in [-0.2, -0.15) is 5.26 Å². The number of rotatable bonds is 6. The third-order valence-electron chi connectivity index (χ3n) is 8.50. The number of pyridine rings is 2. The molecular formula is C32H38FN7O2. The maximum atomic E-state index is 14.5. The lowest BCUT2D eigenvalue weighted by Crippen LogP contribution is -2.40. The number of hydrogen-bond donors (Lipinski definition) is 2. The van der Waals surface area contributed by atoms with Crippen LogP contribution < -0.4 is 20.4 Å². The van der Waals surface area contributed by atoms with Crippen LogP contribution in [0.15, 0.2) is 24.3 Å². The number of carbonyl (C=O) groups excluding carboxylic acids is 1. The van der Waals surface area contributed by atoms with E-state index < -0.39 is 11.9 Å². The van der Waals surface area contributed by atoms with E-state index in [2.05, 4.69) is 33.4 Å². The Morgan fingerprint density at radius 2 is 1.90 bits per heavy atom. The lowest BCUT2D eigenvalue weighted by atomic mass is 10.0. The molecule has 1 saturated carbocycles. The van der Waals surface area contributed by atoms with Gasteiger partial charge in [0.25, 0.3) is 5.91 Å². The van der Waals surface area contributed by atoms with Crippen LogP contribution in [0.4, 0.5) is 15.9 Å². The Bertz CT molecular complexity index is 1540. The molecule has 1 aliphatic carbocycles. The highest BCUT2D eigenvalue weighted by Crippen LogP contribution is 2.45. The maximum Gasteiger partial charge on any atom is 0.257 e. The molecule has 2 saturated heterocycles. The van der Waals surface area contributed by atoms with Crippen molar-refractivity contribution < 1.29 is 13.9 Å². The number of aryl methyl sites for hydroxylation is 1. The molecule has 3 fully saturated rings. The standard InChI is InChI=1S/C32H38FN7O2/c1-19-6-8-39(9-7-35-19)30-26-14-20(2)36-28(23-4-5-23)29(26)38-31(40-10-12-42-13-11-40)27(30)32(41)37-21(3)24-15-22(18-34)16-25(33)17-24/h14-17,19,21,23,35H,4-13H2,1-3H3,(H,37,41)/t19-,21-/m0/s1. The van der Waals surface area contributed by atoms with Crippen LogP contribution in [0.5, 0.6) is 0 Å². The number of benzene rings is 1. The Balaban J connectivity index is 1.53. The van der Waals surface area contributed by atoms with Crippen molar-refractivity contribution in [1.82, 2.24) is 20.6 Å². The van der Waals surface area contributed by atoms with Crippen LogP contribution >= 0.6 is 0 Å². The molecule has 2 atom stereocenters. The number of nitrogens with one attached hydrogen (secondary N) is 2. The molecular weight excluding hydrogens is 533 g/mol. The van der Waals surface area contributed by atoms with Crippen LogP contribution in [-0.4, -0.2) is 67.9 Å². The molecule has 9 nitrogen and oxygen atoms in total.